The molecule has 106 valence electrons. The highest BCUT2D eigenvalue weighted by atomic mass is 19.4. The van der Waals surface area contributed by atoms with E-state index in [-0.39, 0.29) is 0 Å². The second-order valence-corrected chi connectivity index (χ2v) is 4.78. The molecule has 2 aromatic rings. The molecule has 0 amide bonds. The van der Waals surface area contributed by atoms with Crippen molar-refractivity contribution in [3.8, 4) is 0 Å². The van der Waals surface area contributed by atoms with E-state index in [1.165, 1.54) is 6.07 Å². The number of nitrogen functional groups attached to an aromatic ring is 1. The third kappa shape index (κ3) is 3.23. The predicted molar refractivity (Wildman–Crippen MR) is 75.1 cm³/mol. The largest absolute Gasteiger partial charge is 0.416 e. The van der Waals surface area contributed by atoms with Crippen molar-refractivity contribution in [3.05, 3.63) is 53.1 Å². The summed E-state index contributed by atoms with van der Waals surface area (Å²) in [7, 11) is 0. The first-order chi connectivity index (χ1) is 9.25. The number of rotatable bonds is 2. The molecule has 0 fully saturated rings. The Balaban J connectivity index is 2.37. The van der Waals surface area contributed by atoms with Crippen molar-refractivity contribution in [1.82, 2.24) is 0 Å². The molecular formula is C15H15F3N2. The predicted octanol–water partition coefficient (Wildman–Crippen LogP) is 4.65. The number of benzene rings is 2. The number of aryl methyl sites for hydroxylation is 2. The second kappa shape index (κ2) is 5.07. The molecule has 0 unspecified atom stereocenters. The quantitative estimate of drug-likeness (QED) is 0.786. The molecule has 2 nitrogen and oxygen atoms in total. The zero-order valence-electron chi connectivity index (χ0n) is 11.2. The number of nitrogens with two attached hydrogens (primary N) is 1. The standard InChI is InChI=1S/C15H15F3N2/c1-9-5-12(19)8-13(6-9)20-14-7-11(15(16,17)18)4-3-10(14)2/h3-8,20H,19H2,1-2H3. The van der Waals surface area contributed by atoms with Gasteiger partial charge in [-0.05, 0) is 55.3 Å². The van der Waals surface area contributed by atoms with Crippen LogP contribution in [0, 0.1) is 13.8 Å². The summed E-state index contributed by atoms with van der Waals surface area (Å²) in [4.78, 5) is 0. The average Bonchev–Trinajstić information content (AvgIpc) is 2.29. The van der Waals surface area contributed by atoms with E-state index in [1.54, 1.807) is 19.1 Å². The Morgan fingerprint density at radius 1 is 1.00 bits per heavy atom. The molecule has 20 heavy (non-hydrogen) atoms. The van der Waals surface area contributed by atoms with Crippen LogP contribution in [0.15, 0.2) is 36.4 Å². The molecule has 0 bridgehead atoms. The van der Waals surface area contributed by atoms with Crippen LogP contribution >= 0.6 is 0 Å². The van der Waals surface area contributed by atoms with Crippen LogP contribution in [0.3, 0.4) is 0 Å². The van der Waals surface area contributed by atoms with E-state index >= 15 is 0 Å². The lowest BCUT2D eigenvalue weighted by Gasteiger charge is -2.14. The van der Waals surface area contributed by atoms with Gasteiger partial charge in [-0.25, -0.2) is 0 Å². The van der Waals surface area contributed by atoms with Crippen molar-refractivity contribution in [2.24, 2.45) is 0 Å². The van der Waals surface area contributed by atoms with Crippen molar-refractivity contribution in [2.45, 2.75) is 20.0 Å². The molecule has 0 radical (unpaired) electrons. The minimum atomic E-state index is -4.35. The van der Waals surface area contributed by atoms with Gasteiger partial charge in [0, 0.05) is 17.1 Å². The number of halogens is 3. The van der Waals surface area contributed by atoms with E-state index in [2.05, 4.69) is 5.32 Å². The molecule has 0 saturated carbocycles. The van der Waals surface area contributed by atoms with E-state index in [0.29, 0.717) is 17.1 Å². The Bertz CT molecular complexity index is 613. The Labute approximate surface area is 115 Å². The zero-order valence-corrected chi connectivity index (χ0v) is 11.2. The van der Waals surface area contributed by atoms with Crippen LogP contribution in [0.2, 0.25) is 0 Å². The van der Waals surface area contributed by atoms with Gasteiger partial charge in [-0.3, -0.25) is 0 Å². The SMILES string of the molecule is Cc1cc(N)cc(Nc2cc(C(F)(F)F)ccc2C)c1. The highest BCUT2D eigenvalue weighted by Gasteiger charge is 2.30. The summed E-state index contributed by atoms with van der Waals surface area (Å²) in [6, 6.07) is 8.94. The fourth-order valence-corrected chi connectivity index (χ4v) is 1.97. The summed E-state index contributed by atoms with van der Waals surface area (Å²) < 4.78 is 38.2. The van der Waals surface area contributed by atoms with Gasteiger partial charge >= 0.3 is 6.18 Å². The number of hydrogen-bond acceptors (Lipinski definition) is 2. The molecule has 0 aliphatic rings. The first kappa shape index (κ1) is 14.2. The summed E-state index contributed by atoms with van der Waals surface area (Å²) in [5.74, 6) is 0. The third-order valence-electron chi connectivity index (χ3n) is 2.94. The Morgan fingerprint density at radius 2 is 1.70 bits per heavy atom. The molecule has 0 atom stereocenters. The van der Waals surface area contributed by atoms with Gasteiger partial charge < -0.3 is 11.1 Å². The number of nitrogens with one attached hydrogen (secondary N) is 1. The molecule has 0 aliphatic heterocycles. The Hall–Kier alpha value is -2.17. The van der Waals surface area contributed by atoms with Gasteiger partial charge in [0.2, 0.25) is 0 Å². The molecular weight excluding hydrogens is 265 g/mol. The maximum absolute atomic E-state index is 12.7. The van der Waals surface area contributed by atoms with Crippen molar-refractivity contribution in [2.75, 3.05) is 11.1 Å². The Kier molecular flexibility index (Phi) is 3.61. The molecule has 0 spiro atoms. The van der Waals surface area contributed by atoms with Crippen molar-refractivity contribution < 1.29 is 13.2 Å². The van der Waals surface area contributed by atoms with Crippen LogP contribution in [-0.4, -0.2) is 0 Å². The summed E-state index contributed by atoms with van der Waals surface area (Å²) in [5, 5.41) is 2.99. The van der Waals surface area contributed by atoms with E-state index in [0.717, 1.165) is 23.3 Å². The molecule has 2 rings (SSSR count). The van der Waals surface area contributed by atoms with Crippen LogP contribution in [0.4, 0.5) is 30.2 Å². The van der Waals surface area contributed by atoms with Crippen molar-refractivity contribution in [3.63, 3.8) is 0 Å². The first-order valence-corrected chi connectivity index (χ1v) is 6.08. The number of anilines is 3. The molecule has 5 heteroatoms. The monoisotopic (exact) mass is 280 g/mol. The van der Waals surface area contributed by atoms with Crippen molar-refractivity contribution >= 4 is 17.1 Å². The molecule has 0 aliphatic carbocycles. The average molecular weight is 280 g/mol. The first-order valence-electron chi connectivity index (χ1n) is 6.08. The van der Waals surface area contributed by atoms with Crippen LogP contribution < -0.4 is 11.1 Å². The lowest BCUT2D eigenvalue weighted by Crippen LogP contribution is -2.06. The highest BCUT2D eigenvalue weighted by molar-refractivity contribution is 5.67. The van der Waals surface area contributed by atoms with Gasteiger partial charge in [0.1, 0.15) is 0 Å². The Morgan fingerprint density at radius 3 is 2.30 bits per heavy atom. The van der Waals surface area contributed by atoms with Gasteiger partial charge in [-0.2, -0.15) is 13.2 Å². The number of alkyl halides is 3. The van der Waals surface area contributed by atoms with E-state index < -0.39 is 11.7 Å². The van der Waals surface area contributed by atoms with Gasteiger partial charge in [-0.1, -0.05) is 6.07 Å². The molecule has 0 heterocycles. The van der Waals surface area contributed by atoms with E-state index in [4.69, 9.17) is 5.73 Å². The fourth-order valence-electron chi connectivity index (χ4n) is 1.97. The van der Waals surface area contributed by atoms with Crippen molar-refractivity contribution in [1.29, 1.82) is 0 Å². The summed E-state index contributed by atoms with van der Waals surface area (Å²) in [6.07, 6.45) is -4.35. The van der Waals surface area contributed by atoms with E-state index in [9.17, 15) is 13.2 Å². The maximum atomic E-state index is 12.7. The smallest absolute Gasteiger partial charge is 0.399 e. The minimum Gasteiger partial charge on any atom is -0.399 e. The molecule has 0 saturated heterocycles. The van der Waals surface area contributed by atoms with E-state index in [1.807, 2.05) is 13.0 Å². The van der Waals surface area contributed by atoms with Gasteiger partial charge in [0.25, 0.3) is 0 Å². The zero-order chi connectivity index (χ0) is 14.9. The van der Waals surface area contributed by atoms with Crippen LogP contribution in [-0.2, 0) is 6.18 Å². The number of hydrogen-bond donors (Lipinski definition) is 2. The molecule has 0 aromatic heterocycles. The minimum absolute atomic E-state index is 0.421. The van der Waals surface area contributed by atoms with Gasteiger partial charge in [0.05, 0.1) is 5.56 Å². The maximum Gasteiger partial charge on any atom is 0.416 e. The van der Waals surface area contributed by atoms with Crippen LogP contribution in [0.1, 0.15) is 16.7 Å². The van der Waals surface area contributed by atoms with Gasteiger partial charge in [-0.15, -0.1) is 0 Å². The summed E-state index contributed by atoms with van der Waals surface area (Å²) in [5.41, 5.74) is 8.39. The van der Waals surface area contributed by atoms with Crippen LogP contribution in [0.5, 0.6) is 0 Å². The molecule has 3 N–H and O–H groups in total. The topological polar surface area (TPSA) is 38.0 Å². The third-order valence-corrected chi connectivity index (χ3v) is 2.94. The molecule has 2 aromatic carbocycles. The fraction of sp³-hybridized carbons (Fsp3) is 0.200. The normalized spacial score (nSPS) is 11.4. The summed E-state index contributed by atoms with van der Waals surface area (Å²) >= 11 is 0. The summed E-state index contributed by atoms with van der Waals surface area (Å²) in [6.45, 7) is 3.63. The lowest BCUT2D eigenvalue weighted by molar-refractivity contribution is -0.137. The lowest BCUT2D eigenvalue weighted by atomic mass is 10.1. The van der Waals surface area contributed by atoms with Gasteiger partial charge in [0.15, 0.2) is 0 Å². The van der Waals surface area contributed by atoms with Crippen LogP contribution in [0.25, 0.3) is 0 Å². The second-order valence-electron chi connectivity index (χ2n) is 4.78. The highest BCUT2D eigenvalue weighted by Crippen LogP contribution is 2.33.